The van der Waals surface area contributed by atoms with Crippen molar-refractivity contribution >= 4 is 5.78 Å². The van der Waals surface area contributed by atoms with E-state index in [2.05, 4.69) is 19.9 Å². The van der Waals surface area contributed by atoms with Gasteiger partial charge in [-0.15, -0.1) is 0 Å². The Balaban J connectivity index is 1.32. The molecule has 5 rings (SSSR count). The number of carbonyl (C=O) groups is 1. The van der Waals surface area contributed by atoms with E-state index in [1.807, 2.05) is 12.1 Å². The van der Waals surface area contributed by atoms with Gasteiger partial charge in [0.1, 0.15) is 11.5 Å². The summed E-state index contributed by atoms with van der Waals surface area (Å²) < 4.78 is 6.05. The summed E-state index contributed by atoms with van der Waals surface area (Å²) in [6, 6.07) is 6.98. The van der Waals surface area contributed by atoms with Gasteiger partial charge in [-0.1, -0.05) is 37.6 Å². The Hall–Kier alpha value is -1.65. The Kier molecular flexibility index (Phi) is 5.33. The molecule has 174 valence electrons. The fourth-order valence-electron chi connectivity index (χ4n) is 8.22. The molecule has 3 saturated carbocycles. The molecule has 4 aliphatic rings. The smallest absolute Gasteiger partial charge is 0.169 e. The second-order valence-corrected chi connectivity index (χ2v) is 11.6. The number of phenols is 1. The molecule has 4 aliphatic carbocycles. The summed E-state index contributed by atoms with van der Waals surface area (Å²) in [7, 11) is 0. The van der Waals surface area contributed by atoms with Crippen molar-refractivity contribution in [3.63, 3.8) is 0 Å². The van der Waals surface area contributed by atoms with Crippen molar-refractivity contribution in [1.29, 1.82) is 0 Å². The van der Waals surface area contributed by atoms with Crippen LogP contribution in [0.5, 0.6) is 5.75 Å². The van der Waals surface area contributed by atoms with Gasteiger partial charge < -0.3 is 14.9 Å². The van der Waals surface area contributed by atoms with Crippen molar-refractivity contribution in [2.24, 2.45) is 34.5 Å². The zero-order chi connectivity index (χ0) is 22.7. The maximum absolute atomic E-state index is 12.3. The summed E-state index contributed by atoms with van der Waals surface area (Å²) in [5, 5.41) is 20.8. The normalized spacial score (nSPS) is 43.1. The number of fused-ring (bicyclic) bond motifs is 5. The fraction of sp³-hybridized carbons (Fsp3) is 0.679. The zero-order valence-electron chi connectivity index (χ0n) is 19.8. The van der Waals surface area contributed by atoms with Crippen molar-refractivity contribution in [2.75, 3.05) is 0 Å². The molecular formula is C28H38O4. The van der Waals surface area contributed by atoms with E-state index in [9.17, 15) is 15.0 Å². The molecule has 2 N–H and O–H groups in total. The Labute approximate surface area is 192 Å². The molecule has 4 heteroatoms. The predicted octanol–water partition coefficient (Wildman–Crippen LogP) is 5.77. The summed E-state index contributed by atoms with van der Waals surface area (Å²) in [5.41, 5.74) is 2.64. The number of allylic oxidation sites excluding steroid dienone is 1. The van der Waals surface area contributed by atoms with Crippen LogP contribution < -0.4 is 0 Å². The molecule has 0 bridgehead atoms. The maximum Gasteiger partial charge on any atom is 0.169 e. The minimum Gasteiger partial charge on any atom is -0.508 e. The SMILES string of the molecule is CC(=O)[C@H]1CC[C@H]2[C@@H]3CC=C4CC(O)(OCc5ccc(O)cc5)CC[C@]4(C)[C@H]3CC[C@]12C. The third kappa shape index (κ3) is 3.45. The van der Waals surface area contributed by atoms with E-state index in [0.717, 1.165) is 31.2 Å². The third-order valence-electron chi connectivity index (χ3n) is 10.1. The van der Waals surface area contributed by atoms with Crippen LogP contribution in [0, 0.1) is 34.5 Å². The first-order chi connectivity index (χ1) is 15.1. The van der Waals surface area contributed by atoms with Crippen molar-refractivity contribution in [3.05, 3.63) is 41.5 Å². The lowest BCUT2D eigenvalue weighted by atomic mass is 9.47. The van der Waals surface area contributed by atoms with Crippen LogP contribution in [0.4, 0.5) is 0 Å². The molecule has 3 fully saturated rings. The number of ether oxygens (including phenoxy) is 1. The van der Waals surface area contributed by atoms with Crippen molar-refractivity contribution in [3.8, 4) is 5.75 Å². The lowest BCUT2D eigenvalue weighted by Gasteiger charge is -2.58. The predicted molar refractivity (Wildman–Crippen MR) is 124 cm³/mol. The van der Waals surface area contributed by atoms with Gasteiger partial charge in [0.05, 0.1) is 6.61 Å². The van der Waals surface area contributed by atoms with Crippen LogP contribution in [-0.4, -0.2) is 21.8 Å². The number of hydrogen-bond donors (Lipinski definition) is 2. The van der Waals surface area contributed by atoms with Crippen molar-refractivity contribution in [1.82, 2.24) is 0 Å². The Morgan fingerprint density at radius 3 is 2.53 bits per heavy atom. The highest BCUT2D eigenvalue weighted by Crippen LogP contribution is 2.66. The summed E-state index contributed by atoms with van der Waals surface area (Å²) in [5.74, 6) is 1.71. The molecular weight excluding hydrogens is 400 g/mol. The molecule has 0 aromatic heterocycles. The molecule has 0 spiro atoms. The van der Waals surface area contributed by atoms with Crippen LogP contribution >= 0.6 is 0 Å². The van der Waals surface area contributed by atoms with Crippen LogP contribution in [0.2, 0.25) is 0 Å². The third-order valence-corrected chi connectivity index (χ3v) is 10.1. The highest BCUT2D eigenvalue weighted by atomic mass is 16.6. The van der Waals surface area contributed by atoms with Crippen LogP contribution in [0.25, 0.3) is 0 Å². The summed E-state index contributed by atoms with van der Waals surface area (Å²) in [6.07, 6.45) is 10.3. The molecule has 1 unspecified atom stereocenters. The Morgan fingerprint density at radius 2 is 1.81 bits per heavy atom. The minimum atomic E-state index is -1.12. The molecule has 0 saturated heterocycles. The lowest BCUT2D eigenvalue weighted by Crippen LogP contribution is -2.52. The Morgan fingerprint density at radius 1 is 1.06 bits per heavy atom. The molecule has 0 radical (unpaired) electrons. The monoisotopic (exact) mass is 438 g/mol. The number of Topliss-reactive ketones (excluding diaryl/α,β-unsaturated/α-hetero) is 1. The van der Waals surface area contributed by atoms with Crippen molar-refractivity contribution < 1.29 is 19.7 Å². The van der Waals surface area contributed by atoms with E-state index in [-0.39, 0.29) is 22.5 Å². The van der Waals surface area contributed by atoms with Gasteiger partial charge in [0, 0.05) is 18.8 Å². The van der Waals surface area contributed by atoms with E-state index in [0.29, 0.717) is 43.0 Å². The van der Waals surface area contributed by atoms with E-state index >= 15 is 0 Å². The summed E-state index contributed by atoms with van der Waals surface area (Å²) >= 11 is 0. The molecule has 7 atom stereocenters. The lowest BCUT2D eigenvalue weighted by molar-refractivity contribution is -0.231. The van der Waals surface area contributed by atoms with E-state index in [1.165, 1.54) is 18.4 Å². The van der Waals surface area contributed by atoms with Gasteiger partial charge in [0.15, 0.2) is 5.79 Å². The summed E-state index contributed by atoms with van der Waals surface area (Å²) in [6.45, 7) is 6.96. The quantitative estimate of drug-likeness (QED) is 0.463. The molecule has 0 aliphatic heterocycles. The van der Waals surface area contributed by atoms with Crippen molar-refractivity contribution in [2.45, 2.75) is 84.5 Å². The zero-order valence-corrected chi connectivity index (χ0v) is 19.8. The average Bonchev–Trinajstić information content (AvgIpc) is 3.12. The number of phenolic OH excluding ortho intramolecular Hbond substituents is 1. The standard InChI is InChI=1S/C28H38O4/c1-18(29)23-10-11-24-22-9-6-20-16-28(31,32-17-19-4-7-21(30)8-5-19)15-14-26(20,2)25(22)12-13-27(23,24)3/h4-8,22-25,30-31H,9-17H2,1-3H3/t22-,23+,24-,25-,26-,27+,28?/m0/s1. The van der Waals surface area contributed by atoms with Crippen LogP contribution in [0.1, 0.15) is 77.7 Å². The molecule has 1 aromatic carbocycles. The minimum absolute atomic E-state index is 0.132. The van der Waals surface area contributed by atoms with Gasteiger partial charge in [-0.25, -0.2) is 0 Å². The van der Waals surface area contributed by atoms with E-state index in [1.54, 1.807) is 19.1 Å². The van der Waals surface area contributed by atoms with Crippen LogP contribution in [0.15, 0.2) is 35.9 Å². The maximum atomic E-state index is 12.3. The van der Waals surface area contributed by atoms with Gasteiger partial charge in [-0.05, 0) is 91.7 Å². The van der Waals surface area contributed by atoms with Gasteiger partial charge in [-0.3, -0.25) is 4.79 Å². The second-order valence-electron chi connectivity index (χ2n) is 11.6. The number of carbonyl (C=O) groups excluding carboxylic acids is 1. The first-order valence-corrected chi connectivity index (χ1v) is 12.5. The van der Waals surface area contributed by atoms with Gasteiger partial charge in [0.2, 0.25) is 0 Å². The van der Waals surface area contributed by atoms with Crippen LogP contribution in [0.3, 0.4) is 0 Å². The van der Waals surface area contributed by atoms with Crippen LogP contribution in [-0.2, 0) is 16.1 Å². The Bertz CT molecular complexity index is 920. The molecule has 1 aromatic rings. The first kappa shape index (κ1) is 22.2. The van der Waals surface area contributed by atoms with E-state index < -0.39 is 5.79 Å². The number of benzene rings is 1. The molecule has 32 heavy (non-hydrogen) atoms. The van der Waals surface area contributed by atoms with Gasteiger partial charge >= 0.3 is 0 Å². The highest BCUT2D eigenvalue weighted by molar-refractivity contribution is 5.79. The number of ketones is 1. The topological polar surface area (TPSA) is 66.8 Å². The van der Waals surface area contributed by atoms with Gasteiger partial charge in [0.25, 0.3) is 0 Å². The molecule has 0 heterocycles. The second kappa shape index (κ2) is 7.70. The molecule has 4 nitrogen and oxygen atoms in total. The summed E-state index contributed by atoms with van der Waals surface area (Å²) in [4.78, 5) is 12.3. The average molecular weight is 439 g/mol. The number of aliphatic hydroxyl groups is 1. The fourth-order valence-corrected chi connectivity index (χ4v) is 8.22. The van der Waals surface area contributed by atoms with E-state index in [4.69, 9.17) is 4.74 Å². The van der Waals surface area contributed by atoms with Gasteiger partial charge in [-0.2, -0.15) is 0 Å². The molecule has 0 amide bonds. The number of aromatic hydroxyl groups is 1. The highest BCUT2D eigenvalue weighted by Gasteiger charge is 2.60. The number of hydrogen-bond acceptors (Lipinski definition) is 4. The largest absolute Gasteiger partial charge is 0.508 e. The number of rotatable bonds is 4. The first-order valence-electron chi connectivity index (χ1n) is 12.5.